The van der Waals surface area contributed by atoms with Crippen molar-refractivity contribution in [2.45, 2.75) is 65.1 Å². The lowest BCUT2D eigenvalue weighted by Gasteiger charge is -2.32. The predicted molar refractivity (Wildman–Crippen MR) is 83.8 cm³/mol. The Labute approximate surface area is 123 Å². The zero-order valence-corrected chi connectivity index (χ0v) is 13.3. The molecule has 1 fully saturated rings. The van der Waals surface area contributed by atoms with Gasteiger partial charge in [-0.05, 0) is 52.3 Å². The SMILES string of the molecule is CCC(C)n1ccc(CNCC(C)N2CCCCC2)n1. The Morgan fingerprint density at radius 1 is 1.20 bits per heavy atom. The van der Waals surface area contributed by atoms with Crippen molar-refractivity contribution in [1.29, 1.82) is 0 Å². The molecule has 2 rings (SSSR count). The molecule has 0 aliphatic carbocycles. The second-order valence-electron chi connectivity index (χ2n) is 6.12. The van der Waals surface area contributed by atoms with Gasteiger partial charge in [0, 0.05) is 31.4 Å². The monoisotopic (exact) mass is 278 g/mol. The summed E-state index contributed by atoms with van der Waals surface area (Å²) in [6.07, 6.45) is 7.36. The summed E-state index contributed by atoms with van der Waals surface area (Å²) in [4.78, 5) is 2.61. The van der Waals surface area contributed by atoms with Gasteiger partial charge in [-0.3, -0.25) is 9.58 Å². The third-order valence-corrected chi connectivity index (χ3v) is 4.47. The first-order chi connectivity index (χ1) is 9.70. The average Bonchev–Trinajstić information content (AvgIpc) is 2.96. The molecule has 1 aliphatic heterocycles. The maximum absolute atomic E-state index is 4.63. The number of piperidine rings is 1. The molecule has 0 saturated carbocycles. The Morgan fingerprint density at radius 3 is 2.65 bits per heavy atom. The van der Waals surface area contributed by atoms with E-state index in [4.69, 9.17) is 0 Å². The highest BCUT2D eigenvalue weighted by Gasteiger charge is 2.16. The van der Waals surface area contributed by atoms with Crippen molar-refractivity contribution in [3.8, 4) is 0 Å². The summed E-state index contributed by atoms with van der Waals surface area (Å²) in [5.74, 6) is 0. The minimum atomic E-state index is 0.496. The van der Waals surface area contributed by atoms with Crippen molar-refractivity contribution in [3.63, 3.8) is 0 Å². The topological polar surface area (TPSA) is 33.1 Å². The van der Waals surface area contributed by atoms with Gasteiger partial charge in [0.2, 0.25) is 0 Å². The van der Waals surface area contributed by atoms with Crippen LogP contribution in [0.5, 0.6) is 0 Å². The van der Waals surface area contributed by atoms with Crippen LogP contribution in [0, 0.1) is 0 Å². The van der Waals surface area contributed by atoms with Crippen molar-refractivity contribution >= 4 is 0 Å². The lowest BCUT2D eigenvalue weighted by molar-refractivity contribution is 0.170. The maximum Gasteiger partial charge on any atom is 0.0762 e. The Balaban J connectivity index is 1.71. The van der Waals surface area contributed by atoms with Crippen molar-refractivity contribution in [3.05, 3.63) is 18.0 Å². The molecule has 0 amide bonds. The molecule has 4 nitrogen and oxygen atoms in total. The van der Waals surface area contributed by atoms with Gasteiger partial charge in [0.15, 0.2) is 0 Å². The molecule has 2 atom stereocenters. The summed E-state index contributed by atoms with van der Waals surface area (Å²) in [5.41, 5.74) is 1.15. The molecule has 2 unspecified atom stereocenters. The maximum atomic E-state index is 4.63. The Bertz CT molecular complexity index is 382. The number of nitrogens with zero attached hydrogens (tertiary/aromatic N) is 3. The predicted octanol–water partition coefficient (Wildman–Crippen LogP) is 2.82. The Kier molecular flexibility index (Phi) is 6.05. The molecule has 114 valence electrons. The molecular weight excluding hydrogens is 248 g/mol. The fraction of sp³-hybridized carbons (Fsp3) is 0.812. The lowest BCUT2D eigenvalue weighted by atomic mass is 10.1. The second-order valence-corrected chi connectivity index (χ2v) is 6.12. The van der Waals surface area contributed by atoms with Crippen LogP contribution in [0.4, 0.5) is 0 Å². The van der Waals surface area contributed by atoms with Crippen LogP contribution >= 0.6 is 0 Å². The van der Waals surface area contributed by atoms with Gasteiger partial charge in [0.05, 0.1) is 5.69 Å². The summed E-state index contributed by atoms with van der Waals surface area (Å²) in [5, 5.41) is 8.18. The molecule has 0 spiro atoms. The van der Waals surface area contributed by atoms with Crippen molar-refractivity contribution in [2.75, 3.05) is 19.6 Å². The van der Waals surface area contributed by atoms with E-state index in [0.29, 0.717) is 12.1 Å². The molecule has 1 aromatic heterocycles. The highest BCUT2D eigenvalue weighted by molar-refractivity contribution is 4.99. The van der Waals surface area contributed by atoms with Gasteiger partial charge in [0.25, 0.3) is 0 Å². The summed E-state index contributed by atoms with van der Waals surface area (Å²) < 4.78 is 2.07. The van der Waals surface area contributed by atoms with E-state index in [9.17, 15) is 0 Å². The Hall–Kier alpha value is -0.870. The van der Waals surface area contributed by atoms with E-state index >= 15 is 0 Å². The van der Waals surface area contributed by atoms with E-state index in [1.165, 1.54) is 32.4 Å². The fourth-order valence-corrected chi connectivity index (χ4v) is 2.80. The molecule has 2 heterocycles. The van der Waals surface area contributed by atoms with E-state index in [2.05, 4.69) is 53.0 Å². The van der Waals surface area contributed by atoms with Crippen LogP contribution in [0.3, 0.4) is 0 Å². The van der Waals surface area contributed by atoms with Crippen LogP contribution in [0.1, 0.15) is 58.2 Å². The first-order valence-electron chi connectivity index (χ1n) is 8.19. The van der Waals surface area contributed by atoms with Crippen molar-refractivity contribution in [1.82, 2.24) is 20.0 Å². The number of likely N-dealkylation sites (tertiary alicyclic amines) is 1. The first kappa shape index (κ1) is 15.5. The van der Waals surface area contributed by atoms with Crippen LogP contribution in [0.15, 0.2) is 12.3 Å². The van der Waals surface area contributed by atoms with Crippen molar-refractivity contribution in [2.24, 2.45) is 0 Å². The third-order valence-electron chi connectivity index (χ3n) is 4.47. The van der Waals surface area contributed by atoms with E-state index in [1.807, 2.05) is 0 Å². The van der Waals surface area contributed by atoms with E-state index < -0.39 is 0 Å². The van der Waals surface area contributed by atoms with Crippen LogP contribution in [0.25, 0.3) is 0 Å². The van der Waals surface area contributed by atoms with Gasteiger partial charge in [-0.2, -0.15) is 5.10 Å². The van der Waals surface area contributed by atoms with E-state index in [-0.39, 0.29) is 0 Å². The first-order valence-corrected chi connectivity index (χ1v) is 8.19. The van der Waals surface area contributed by atoms with Gasteiger partial charge in [-0.1, -0.05) is 13.3 Å². The second kappa shape index (κ2) is 7.79. The van der Waals surface area contributed by atoms with Crippen LogP contribution in [-0.4, -0.2) is 40.4 Å². The molecule has 0 aromatic carbocycles. The number of rotatable bonds is 7. The zero-order chi connectivity index (χ0) is 14.4. The van der Waals surface area contributed by atoms with Gasteiger partial charge in [-0.25, -0.2) is 0 Å². The molecular formula is C16H30N4. The minimum absolute atomic E-state index is 0.496. The highest BCUT2D eigenvalue weighted by atomic mass is 15.3. The quantitative estimate of drug-likeness (QED) is 0.832. The smallest absolute Gasteiger partial charge is 0.0762 e. The number of hydrogen-bond donors (Lipinski definition) is 1. The summed E-state index contributed by atoms with van der Waals surface area (Å²) in [7, 11) is 0. The standard InChI is InChI=1S/C16H30N4/c1-4-14(2)20-11-8-16(18-20)13-17-12-15(3)19-9-6-5-7-10-19/h8,11,14-15,17H,4-7,9-10,12-13H2,1-3H3. The van der Waals surface area contributed by atoms with Gasteiger partial charge in [0.1, 0.15) is 0 Å². The lowest BCUT2D eigenvalue weighted by Crippen LogP contribution is -2.43. The van der Waals surface area contributed by atoms with Crippen LogP contribution in [0.2, 0.25) is 0 Å². The number of aromatic nitrogens is 2. The molecule has 1 saturated heterocycles. The molecule has 0 bridgehead atoms. The third kappa shape index (κ3) is 4.32. The normalized spacial score (nSPS) is 19.9. The largest absolute Gasteiger partial charge is 0.310 e. The van der Waals surface area contributed by atoms with Crippen LogP contribution < -0.4 is 5.32 Å². The number of nitrogens with one attached hydrogen (secondary N) is 1. The highest BCUT2D eigenvalue weighted by Crippen LogP contribution is 2.12. The zero-order valence-electron chi connectivity index (χ0n) is 13.3. The van der Waals surface area contributed by atoms with E-state index in [0.717, 1.165) is 25.2 Å². The Morgan fingerprint density at radius 2 is 1.95 bits per heavy atom. The van der Waals surface area contributed by atoms with Gasteiger partial charge in [-0.15, -0.1) is 0 Å². The van der Waals surface area contributed by atoms with Crippen LogP contribution in [-0.2, 0) is 6.54 Å². The fourth-order valence-electron chi connectivity index (χ4n) is 2.80. The molecule has 20 heavy (non-hydrogen) atoms. The van der Waals surface area contributed by atoms with Crippen molar-refractivity contribution < 1.29 is 0 Å². The molecule has 1 N–H and O–H groups in total. The van der Waals surface area contributed by atoms with Gasteiger partial charge >= 0.3 is 0 Å². The van der Waals surface area contributed by atoms with Gasteiger partial charge < -0.3 is 5.32 Å². The summed E-state index contributed by atoms with van der Waals surface area (Å²) in [6.45, 7) is 11.2. The average molecular weight is 278 g/mol. The minimum Gasteiger partial charge on any atom is -0.310 e. The molecule has 0 radical (unpaired) electrons. The molecule has 4 heteroatoms. The molecule has 1 aromatic rings. The molecule has 1 aliphatic rings. The summed E-state index contributed by atoms with van der Waals surface area (Å²) >= 11 is 0. The van der Waals surface area contributed by atoms with E-state index in [1.54, 1.807) is 0 Å². The summed E-state index contributed by atoms with van der Waals surface area (Å²) in [6, 6.07) is 3.26. The number of hydrogen-bond acceptors (Lipinski definition) is 3.